The van der Waals surface area contributed by atoms with Crippen LogP contribution in [0.15, 0.2) is 22.9 Å². The van der Waals surface area contributed by atoms with Gasteiger partial charge in [0.25, 0.3) is 0 Å². The molecule has 0 saturated heterocycles. The van der Waals surface area contributed by atoms with Crippen LogP contribution in [-0.2, 0) is 5.41 Å². The van der Waals surface area contributed by atoms with E-state index in [4.69, 9.17) is 0 Å². The van der Waals surface area contributed by atoms with E-state index in [2.05, 4.69) is 41.7 Å². The minimum atomic E-state index is 0.00660. The summed E-state index contributed by atoms with van der Waals surface area (Å²) in [6.45, 7) is 6.36. The number of fused-ring (bicyclic) bond motifs is 1. The first-order chi connectivity index (χ1) is 6.89. The van der Waals surface area contributed by atoms with E-state index in [1.807, 2.05) is 16.8 Å². The van der Waals surface area contributed by atoms with Gasteiger partial charge in [0, 0.05) is 28.0 Å². The number of aromatic nitrogens is 2. The lowest BCUT2D eigenvalue weighted by Crippen LogP contribution is -2.13. The molecule has 2 rings (SSSR count). The minimum Gasteiger partial charge on any atom is -0.504 e. The molecule has 0 fully saturated rings. The second-order valence-corrected chi connectivity index (χ2v) is 5.55. The predicted molar refractivity (Wildman–Crippen MR) is 63.3 cm³/mol. The molecule has 0 bridgehead atoms. The fourth-order valence-electron chi connectivity index (χ4n) is 1.59. The van der Waals surface area contributed by atoms with Crippen molar-refractivity contribution >= 4 is 21.6 Å². The van der Waals surface area contributed by atoms with E-state index in [1.165, 1.54) is 0 Å². The molecule has 0 spiro atoms. The Bertz CT molecular complexity index is 511. The highest BCUT2D eigenvalue weighted by atomic mass is 79.9. The van der Waals surface area contributed by atoms with Crippen LogP contribution in [0.2, 0.25) is 0 Å². The lowest BCUT2D eigenvalue weighted by atomic mass is 9.93. The van der Waals surface area contributed by atoms with Crippen LogP contribution in [0.3, 0.4) is 0 Å². The van der Waals surface area contributed by atoms with E-state index in [1.54, 1.807) is 6.07 Å². The van der Waals surface area contributed by atoms with Gasteiger partial charge in [-0.15, -0.1) is 0 Å². The Morgan fingerprint density at radius 1 is 1.40 bits per heavy atom. The van der Waals surface area contributed by atoms with Crippen molar-refractivity contribution < 1.29 is 5.11 Å². The number of imidazole rings is 1. The number of hydrogen-bond donors (Lipinski definition) is 1. The van der Waals surface area contributed by atoms with Gasteiger partial charge >= 0.3 is 0 Å². The highest BCUT2D eigenvalue weighted by Crippen LogP contribution is 2.28. The summed E-state index contributed by atoms with van der Waals surface area (Å²) in [5, 5.41) is 9.72. The lowest BCUT2D eigenvalue weighted by molar-refractivity contribution is 0.476. The average molecular weight is 269 g/mol. The molecule has 0 unspecified atom stereocenters. The van der Waals surface area contributed by atoms with Gasteiger partial charge in [-0.1, -0.05) is 20.8 Å². The van der Waals surface area contributed by atoms with Gasteiger partial charge in [0.15, 0.2) is 11.4 Å². The number of aromatic hydroxyl groups is 1. The Kier molecular flexibility index (Phi) is 2.26. The zero-order valence-corrected chi connectivity index (χ0v) is 10.5. The Morgan fingerprint density at radius 2 is 2.07 bits per heavy atom. The number of rotatable bonds is 0. The monoisotopic (exact) mass is 268 g/mol. The van der Waals surface area contributed by atoms with Crippen LogP contribution >= 0.6 is 15.9 Å². The maximum absolute atomic E-state index is 9.72. The summed E-state index contributed by atoms with van der Waals surface area (Å²) in [4.78, 5) is 4.22. The van der Waals surface area contributed by atoms with E-state index in [0.717, 1.165) is 10.2 Å². The Balaban J connectivity index is 2.80. The molecular weight excluding hydrogens is 256 g/mol. The van der Waals surface area contributed by atoms with Gasteiger partial charge in [0.2, 0.25) is 0 Å². The van der Waals surface area contributed by atoms with Crippen molar-refractivity contribution in [1.82, 2.24) is 9.38 Å². The van der Waals surface area contributed by atoms with Crippen LogP contribution in [0, 0.1) is 0 Å². The van der Waals surface area contributed by atoms with Crippen molar-refractivity contribution in [2.75, 3.05) is 0 Å². The first kappa shape index (κ1) is 10.5. The van der Waals surface area contributed by atoms with Crippen LogP contribution in [0.5, 0.6) is 5.75 Å². The van der Waals surface area contributed by atoms with Gasteiger partial charge in [-0.05, 0) is 22.0 Å². The third-order valence-electron chi connectivity index (χ3n) is 2.32. The van der Waals surface area contributed by atoms with Crippen molar-refractivity contribution in [1.29, 1.82) is 0 Å². The Labute approximate surface area is 96.9 Å². The smallest absolute Gasteiger partial charge is 0.179 e. The minimum absolute atomic E-state index is 0.00660. The zero-order valence-electron chi connectivity index (χ0n) is 8.95. The number of hydrogen-bond acceptors (Lipinski definition) is 2. The molecule has 2 aromatic rings. The Morgan fingerprint density at radius 3 is 2.67 bits per heavy atom. The number of nitrogens with zero attached hydrogens (tertiary/aromatic N) is 2. The molecule has 0 aliphatic heterocycles. The molecule has 4 heteroatoms. The molecule has 0 aliphatic rings. The molecule has 0 aliphatic carbocycles. The molecule has 0 aromatic carbocycles. The maximum Gasteiger partial charge on any atom is 0.179 e. The Hall–Kier alpha value is -1.03. The van der Waals surface area contributed by atoms with Crippen LogP contribution in [0.1, 0.15) is 26.5 Å². The van der Waals surface area contributed by atoms with Gasteiger partial charge in [-0.25, -0.2) is 4.98 Å². The molecule has 15 heavy (non-hydrogen) atoms. The summed E-state index contributed by atoms with van der Waals surface area (Å²) in [7, 11) is 0. The van der Waals surface area contributed by atoms with Crippen LogP contribution in [-0.4, -0.2) is 14.5 Å². The number of pyridine rings is 1. The summed E-state index contributed by atoms with van der Waals surface area (Å²) in [5.74, 6) is 0.194. The van der Waals surface area contributed by atoms with Gasteiger partial charge in [0.05, 0.1) is 0 Å². The molecule has 2 aromatic heterocycles. The summed E-state index contributed by atoms with van der Waals surface area (Å²) in [5.41, 5.74) is 1.68. The molecule has 3 nitrogen and oxygen atoms in total. The van der Waals surface area contributed by atoms with Gasteiger partial charge in [-0.2, -0.15) is 0 Å². The maximum atomic E-state index is 9.72. The molecule has 0 amide bonds. The van der Waals surface area contributed by atoms with E-state index in [9.17, 15) is 5.11 Å². The predicted octanol–water partition coefficient (Wildman–Crippen LogP) is 3.10. The zero-order chi connectivity index (χ0) is 11.2. The van der Waals surface area contributed by atoms with Crippen molar-refractivity contribution in [3.05, 3.63) is 28.6 Å². The molecule has 0 radical (unpaired) electrons. The second kappa shape index (κ2) is 3.23. The topological polar surface area (TPSA) is 37.5 Å². The summed E-state index contributed by atoms with van der Waals surface area (Å²) in [6.07, 6.45) is 3.73. The molecule has 80 valence electrons. The summed E-state index contributed by atoms with van der Waals surface area (Å²) < 4.78 is 2.76. The van der Waals surface area contributed by atoms with Crippen LogP contribution in [0.25, 0.3) is 5.65 Å². The third kappa shape index (κ3) is 1.74. The highest BCUT2D eigenvalue weighted by molar-refractivity contribution is 9.10. The summed E-state index contributed by atoms with van der Waals surface area (Å²) in [6, 6.07) is 1.65. The van der Waals surface area contributed by atoms with Crippen molar-refractivity contribution in [2.24, 2.45) is 0 Å². The van der Waals surface area contributed by atoms with Crippen molar-refractivity contribution in [3.63, 3.8) is 0 Å². The van der Waals surface area contributed by atoms with Crippen molar-refractivity contribution in [2.45, 2.75) is 26.2 Å². The van der Waals surface area contributed by atoms with Crippen LogP contribution < -0.4 is 0 Å². The summed E-state index contributed by atoms with van der Waals surface area (Å²) >= 11 is 3.36. The quantitative estimate of drug-likeness (QED) is 0.798. The fourth-order valence-corrected chi connectivity index (χ4v) is 2.01. The molecular formula is C11H13BrN2O. The second-order valence-electron chi connectivity index (χ2n) is 4.63. The SMILES string of the molecule is CC(C)(C)c1cnc2c(O)cc(Br)cn12. The van der Waals surface area contributed by atoms with E-state index >= 15 is 0 Å². The highest BCUT2D eigenvalue weighted by Gasteiger charge is 2.19. The number of halogens is 1. The molecule has 0 saturated carbocycles. The normalized spacial score (nSPS) is 12.3. The standard InChI is InChI=1S/C11H13BrN2O/c1-11(2,3)9-5-13-10-8(15)4-7(12)6-14(9)10/h4-6,15H,1-3H3. The van der Waals surface area contributed by atoms with E-state index < -0.39 is 0 Å². The van der Waals surface area contributed by atoms with Gasteiger partial charge in [0.1, 0.15) is 0 Å². The third-order valence-corrected chi connectivity index (χ3v) is 2.76. The van der Waals surface area contributed by atoms with Crippen LogP contribution in [0.4, 0.5) is 0 Å². The molecule has 2 heterocycles. The van der Waals surface area contributed by atoms with E-state index in [-0.39, 0.29) is 11.2 Å². The van der Waals surface area contributed by atoms with Gasteiger partial charge in [-0.3, -0.25) is 4.40 Å². The van der Waals surface area contributed by atoms with Gasteiger partial charge < -0.3 is 5.11 Å². The van der Waals surface area contributed by atoms with Crippen molar-refractivity contribution in [3.8, 4) is 5.75 Å². The first-order valence-corrected chi connectivity index (χ1v) is 5.55. The fraction of sp³-hybridized carbons (Fsp3) is 0.364. The molecule has 0 atom stereocenters. The first-order valence-electron chi connectivity index (χ1n) is 4.75. The van der Waals surface area contributed by atoms with E-state index in [0.29, 0.717) is 5.65 Å². The molecule has 1 N–H and O–H groups in total. The lowest BCUT2D eigenvalue weighted by Gasteiger charge is -2.17. The average Bonchev–Trinajstić information content (AvgIpc) is 2.45. The largest absolute Gasteiger partial charge is 0.504 e.